The van der Waals surface area contributed by atoms with Gasteiger partial charge in [0.2, 0.25) is 0 Å². The standard InChI is InChI=1S/C9H13ClN2O2S/c1-3-8-6-9(12-7(2)11-8)15(13,14)5-4-10/h6H,3-5H2,1-2H3. The maximum atomic E-state index is 11.7. The zero-order chi connectivity index (χ0) is 11.5. The Morgan fingerprint density at radius 2 is 2.07 bits per heavy atom. The molecule has 0 atom stereocenters. The molecule has 0 radical (unpaired) electrons. The molecule has 1 heterocycles. The summed E-state index contributed by atoms with van der Waals surface area (Å²) in [6.45, 7) is 3.60. The van der Waals surface area contributed by atoms with Crippen LogP contribution in [0.4, 0.5) is 0 Å². The van der Waals surface area contributed by atoms with Crippen LogP contribution in [0.25, 0.3) is 0 Å². The van der Waals surface area contributed by atoms with Crippen molar-refractivity contribution in [1.29, 1.82) is 0 Å². The van der Waals surface area contributed by atoms with Crippen molar-refractivity contribution in [2.45, 2.75) is 25.3 Å². The van der Waals surface area contributed by atoms with Crippen molar-refractivity contribution >= 4 is 21.4 Å². The van der Waals surface area contributed by atoms with Crippen LogP contribution in [0.3, 0.4) is 0 Å². The van der Waals surface area contributed by atoms with Crippen LogP contribution in [0, 0.1) is 6.92 Å². The molecule has 0 amide bonds. The van der Waals surface area contributed by atoms with E-state index in [2.05, 4.69) is 9.97 Å². The third-order valence-electron chi connectivity index (χ3n) is 1.89. The first-order chi connectivity index (χ1) is 6.99. The van der Waals surface area contributed by atoms with Crippen molar-refractivity contribution in [3.05, 3.63) is 17.6 Å². The lowest BCUT2D eigenvalue weighted by molar-refractivity contribution is 0.592. The number of rotatable bonds is 4. The Bertz CT molecular complexity index is 445. The lowest BCUT2D eigenvalue weighted by atomic mass is 10.3. The SMILES string of the molecule is CCc1cc(S(=O)(=O)CCCl)nc(C)n1. The van der Waals surface area contributed by atoms with Gasteiger partial charge in [0.1, 0.15) is 5.82 Å². The quantitative estimate of drug-likeness (QED) is 0.596. The normalized spacial score (nSPS) is 11.7. The predicted molar refractivity (Wildman–Crippen MR) is 58.9 cm³/mol. The topological polar surface area (TPSA) is 59.9 Å². The molecule has 0 bridgehead atoms. The van der Waals surface area contributed by atoms with Crippen LogP contribution in [0.5, 0.6) is 0 Å². The van der Waals surface area contributed by atoms with Crippen LogP contribution in [0.2, 0.25) is 0 Å². The number of alkyl halides is 1. The number of sulfone groups is 1. The van der Waals surface area contributed by atoms with Crippen LogP contribution in [-0.2, 0) is 16.3 Å². The van der Waals surface area contributed by atoms with Gasteiger partial charge in [0.25, 0.3) is 0 Å². The van der Waals surface area contributed by atoms with Gasteiger partial charge in [0.15, 0.2) is 14.9 Å². The van der Waals surface area contributed by atoms with Crippen molar-refractivity contribution in [2.24, 2.45) is 0 Å². The van der Waals surface area contributed by atoms with Gasteiger partial charge in [0.05, 0.1) is 5.75 Å². The van der Waals surface area contributed by atoms with Gasteiger partial charge in [-0.2, -0.15) is 0 Å². The number of aryl methyl sites for hydroxylation is 2. The van der Waals surface area contributed by atoms with Gasteiger partial charge >= 0.3 is 0 Å². The second-order valence-electron chi connectivity index (χ2n) is 3.11. The molecule has 0 aliphatic heterocycles. The smallest absolute Gasteiger partial charge is 0.196 e. The average Bonchev–Trinajstić information content (AvgIpc) is 2.16. The molecule has 1 rings (SSSR count). The lowest BCUT2D eigenvalue weighted by Crippen LogP contribution is -2.12. The first-order valence-electron chi connectivity index (χ1n) is 4.63. The summed E-state index contributed by atoms with van der Waals surface area (Å²) in [6, 6.07) is 1.51. The van der Waals surface area contributed by atoms with Crippen molar-refractivity contribution in [3.8, 4) is 0 Å². The molecule has 0 aromatic carbocycles. The van der Waals surface area contributed by atoms with Gasteiger partial charge < -0.3 is 0 Å². The first kappa shape index (κ1) is 12.4. The van der Waals surface area contributed by atoms with E-state index in [0.717, 1.165) is 5.69 Å². The second-order valence-corrected chi connectivity index (χ2v) is 5.54. The fraction of sp³-hybridized carbons (Fsp3) is 0.556. The zero-order valence-electron chi connectivity index (χ0n) is 8.70. The van der Waals surface area contributed by atoms with Crippen LogP contribution in [0.15, 0.2) is 11.1 Å². The Kier molecular flexibility index (Phi) is 4.04. The summed E-state index contributed by atoms with van der Waals surface area (Å²) in [5, 5.41) is 0.0764. The summed E-state index contributed by atoms with van der Waals surface area (Å²) in [6.07, 6.45) is 0.687. The van der Waals surface area contributed by atoms with Crippen LogP contribution in [-0.4, -0.2) is 30.0 Å². The number of aromatic nitrogens is 2. The van der Waals surface area contributed by atoms with Gasteiger partial charge in [-0.05, 0) is 19.4 Å². The predicted octanol–water partition coefficient (Wildman–Crippen LogP) is 1.36. The fourth-order valence-corrected chi connectivity index (χ4v) is 2.75. The number of hydrogen-bond donors (Lipinski definition) is 0. The summed E-state index contributed by atoms with van der Waals surface area (Å²) >= 11 is 5.43. The molecule has 6 heteroatoms. The molecule has 0 N–H and O–H groups in total. The Morgan fingerprint density at radius 3 is 2.60 bits per heavy atom. The maximum absolute atomic E-state index is 11.7. The summed E-state index contributed by atoms with van der Waals surface area (Å²) < 4.78 is 23.4. The highest BCUT2D eigenvalue weighted by molar-refractivity contribution is 7.91. The maximum Gasteiger partial charge on any atom is 0.196 e. The number of halogens is 1. The van der Waals surface area contributed by atoms with Gasteiger partial charge in [-0.15, -0.1) is 11.6 Å². The summed E-state index contributed by atoms with van der Waals surface area (Å²) in [4.78, 5) is 8.03. The third kappa shape index (κ3) is 3.14. The minimum atomic E-state index is -3.35. The van der Waals surface area contributed by atoms with Gasteiger partial charge in [-0.25, -0.2) is 18.4 Å². The minimum Gasteiger partial charge on any atom is -0.238 e. The number of hydrogen-bond acceptors (Lipinski definition) is 4. The van der Waals surface area contributed by atoms with Crippen LogP contribution < -0.4 is 0 Å². The molecule has 0 spiro atoms. The third-order valence-corrected chi connectivity index (χ3v) is 3.90. The molecule has 0 aliphatic carbocycles. The lowest BCUT2D eigenvalue weighted by Gasteiger charge is -2.04. The molecule has 0 fully saturated rings. The minimum absolute atomic E-state index is 0.0762. The van der Waals surface area contributed by atoms with E-state index >= 15 is 0 Å². The van der Waals surface area contributed by atoms with Gasteiger partial charge in [-0.1, -0.05) is 6.92 Å². The highest BCUT2D eigenvalue weighted by atomic mass is 35.5. The number of nitrogens with zero attached hydrogens (tertiary/aromatic N) is 2. The molecule has 15 heavy (non-hydrogen) atoms. The molecule has 1 aromatic heterocycles. The molecule has 0 aliphatic rings. The highest BCUT2D eigenvalue weighted by Gasteiger charge is 2.16. The summed E-state index contributed by atoms with van der Waals surface area (Å²) in [7, 11) is -3.35. The van der Waals surface area contributed by atoms with E-state index in [1.807, 2.05) is 6.92 Å². The van der Waals surface area contributed by atoms with Crippen molar-refractivity contribution < 1.29 is 8.42 Å². The van der Waals surface area contributed by atoms with E-state index < -0.39 is 9.84 Å². The van der Waals surface area contributed by atoms with Crippen LogP contribution in [0.1, 0.15) is 18.4 Å². The fourth-order valence-electron chi connectivity index (χ4n) is 1.15. The Balaban J connectivity index is 3.20. The monoisotopic (exact) mass is 248 g/mol. The first-order valence-corrected chi connectivity index (χ1v) is 6.81. The van der Waals surface area contributed by atoms with E-state index in [1.165, 1.54) is 6.07 Å². The molecule has 1 aromatic rings. The van der Waals surface area contributed by atoms with Gasteiger partial charge in [-0.3, -0.25) is 0 Å². The van der Waals surface area contributed by atoms with Crippen molar-refractivity contribution in [1.82, 2.24) is 9.97 Å². The molecule has 4 nitrogen and oxygen atoms in total. The molecule has 0 unspecified atom stereocenters. The van der Waals surface area contributed by atoms with E-state index in [4.69, 9.17) is 11.6 Å². The summed E-state index contributed by atoms with van der Waals surface area (Å²) in [5.41, 5.74) is 0.732. The van der Waals surface area contributed by atoms with Gasteiger partial charge in [0, 0.05) is 11.6 Å². The van der Waals surface area contributed by atoms with Crippen molar-refractivity contribution in [2.75, 3.05) is 11.6 Å². The van der Waals surface area contributed by atoms with E-state index in [1.54, 1.807) is 6.92 Å². The molecule has 0 saturated carbocycles. The molecular formula is C9H13ClN2O2S. The molecule has 0 saturated heterocycles. The molecular weight excluding hydrogens is 236 g/mol. The van der Waals surface area contributed by atoms with Crippen molar-refractivity contribution in [3.63, 3.8) is 0 Å². The molecule has 84 valence electrons. The van der Waals surface area contributed by atoms with E-state index in [9.17, 15) is 8.42 Å². The Labute approximate surface area is 94.6 Å². The van der Waals surface area contributed by atoms with E-state index in [-0.39, 0.29) is 16.7 Å². The van der Waals surface area contributed by atoms with E-state index in [0.29, 0.717) is 12.2 Å². The Hall–Kier alpha value is -0.680. The highest BCUT2D eigenvalue weighted by Crippen LogP contribution is 2.10. The zero-order valence-corrected chi connectivity index (χ0v) is 10.3. The average molecular weight is 249 g/mol. The van der Waals surface area contributed by atoms with Crippen LogP contribution >= 0.6 is 11.6 Å². The Morgan fingerprint density at radius 1 is 1.40 bits per heavy atom. The largest absolute Gasteiger partial charge is 0.238 e. The summed E-state index contributed by atoms with van der Waals surface area (Å²) in [5.74, 6) is 0.462. The second kappa shape index (κ2) is 4.90.